The topological polar surface area (TPSA) is 73.7 Å². The molecule has 0 amide bonds. The Bertz CT molecular complexity index is 1220. The third-order valence-electron chi connectivity index (χ3n) is 6.72. The number of nitrogens with zero attached hydrogens (tertiary/aromatic N) is 3. The highest BCUT2D eigenvalue weighted by Gasteiger charge is 2.26. The summed E-state index contributed by atoms with van der Waals surface area (Å²) in [5.41, 5.74) is 4.59. The van der Waals surface area contributed by atoms with Crippen LogP contribution >= 0.6 is 0 Å². The fraction of sp³-hybridized carbons (Fsp3) is 0.414. The molecule has 1 aromatic carbocycles. The van der Waals surface area contributed by atoms with Gasteiger partial charge in [-0.2, -0.15) is 0 Å². The monoisotopic (exact) mass is 489 g/mol. The van der Waals surface area contributed by atoms with Crippen LogP contribution < -0.4 is 10.3 Å². The standard InChI is InChI=1S/C29H35N3O4/c1-21(2)24-10-8-23(9-11-24)20-31-14-12-25-28(29(34)35-3)26(18-27(33)32(25)16-15-31)36-17-5-7-22-6-4-13-30-19-22/h4,6,8-11,13,18-19,21H,5,7,12,14-17,20H2,1-3H3. The van der Waals surface area contributed by atoms with Gasteiger partial charge in [0.05, 0.1) is 13.7 Å². The minimum absolute atomic E-state index is 0.150. The van der Waals surface area contributed by atoms with Crippen molar-refractivity contribution in [3.63, 3.8) is 0 Å². The number of fused-ring (bicyclic) bond motifs is 1. The normalized spacial score (nSPS) is 13.8. The molecule has 0 saturated carbocycles. The molecule has 4 rings (SSSR count). The molecule has 0 aliphatic carbocycles. The van der Waals surface area contributed by atoms with Crippen LogP contribution in [0.25, 0.3) is 0 Å². The molecule has 0 radical (unpaired) electrons. The molecule has 0 saturated heterocycles. The van der Waals surface area contributed by atoms with Gasteiger partial charge in [-0.1, -0.05) is 44.2 Å². The van der Waals surface area contributed by atoms with E-state index >= 15 is 0 Å². The van der Waals surface area contributed by atoms with Crippen LogP contribution in [0.15, 0.2) is 59.7 Å². The maximum absolute atomic E-state index is 13.0. The molecule has 3 aromatic rings. The molecule has 1 aliphatic heterocycles. The van der Waals surface area contributed by atoms with E-state index in [-0.39, 0.29) is 5.56 Å². The zero-order valence-corrected chi connectivity index (χ0v) is 21.4. The van der Waals surface area contributed by atoms with E-state index in [0.29, 0.717) is 42.5 Å². The Morgan fingerprint density at radius 2 is 1.89 bits per heavy atom. The number of aromatic nitrogens is 2. The van der Waals surface area contributed by atoms with Gasteiger partial charge in [0.1, 0.15) is 11.3 Å². The largest absolute Gasteiger partial charge is 0.492 e. The molecule has 7 heteroatoms. The fourth-order valence-electron chi connectivity index (χ4n) is 4.66. The first-order chi connectivity index (χ1) is 17.5. The van der Waals surface area contributed by atoms with Crippen molar-refractivity contribution < 1.29 is 14.3 Å². The molecule has 0 atom stereocenters. The van der Waals surface area contributed by atoms with Gasteiger partial charge >= 0.3 is 5.97 Å². The second-order valence-electron chi connectivity index (χ2n) is 9.55. The van der Waals surface area contributed by atoms with Crippen LogP contribution in [0.1, 0.15) is 58.9 Å². The number of methoxy groups -OCH3 is 1. The zero-order valence-electron chi connectivity index (χ0n) is 21.4. The number of ether oxygens (including phenoxy) is 2. The first-order valence-corrected chi connectivity index (χ1v) is 12.6. The summed E-state index contributed by atoms with van der Waals surface area (Å²) in [4.78, 5) is 32.3. The Labute approximate surface area is 212 Å². The molecule has 0 spiro atoms. The molecular weight excluding hydrogens is 454 g/mol. The van der Waals surface area contributed by atoms with Crippen LogP contribution in [0.5, 0.6) is 5.75 Å². The molecular formula is C29H35N3O4. The Morgan fingerprint density at radius 1 is 1.08 bits per heavy atom. The van der Waals surface area contributed by atoms with Gasteiger partial charge < -0.3 is 14.0 Å². The van der Waals surface area contributed by atoms with E-state index in [1.54, 1.807) is 10.8 Å². The lowest BCUT2D eigenvalue weighted by Crippen LogP contribution is -2.29. The number of carbonyl (C=O) groups excluding carboxylic acids is 1. The van der Waals surface area contributed by atoms with Gasteiger partial charge in [0.2, 0.25) is 0 Å². The first kappa shape index (κ1) is 25.6. The summed E-state index contributed by atoms with van der Waals surface area (Å²) in [6.07, 6.45) is 5.69. The maximum Gasteiger partial charge on any atom is 0.343 e. The van der Waals surface area contributed by atoms with Crippen molar-refractivity contribution in [3.8, 4) is 5.75 Å². The van der Waals surface area contributed by atoms with Crippen LogP contribution in [0.4, 0.5) is 0 Å². The summed E-state index contributed by atoms with van der Waals surface area (Å²) in [5, 5.41) is 0. The summed E-state index contributed by atoms with van der Waals surface area (Å²) < 4.78 is 12.8. The van der Waals surface area contributed by atoms with Gasteiger partial charge in [0, 0.05) is 56.8 Å². The van der Waals surface area contributed by atoms with E-state index < -0.39 is 5.97 Å². The minimum Gasteiger partial charge on any atom is -0.492 e. The molecule has 0 bridgehead atoms. The Hall–Kier alpha value is -3.45. The van der Waals surface area contributed by atoms with Crippen molar-refractivity contribution in [2.45, 2.75) is 52.1 Å². The second-order valence-corrected chi connectivity index (χ2v) is 9.55. The van der Waals surface area contributed by atoms with Crippen molar-refractivity contribution in [3.05, 3.63) is 93.2 Å². The van der Waals surface area contributed by atoms with Gasteiger partial charge in [0.25, 0.3) is 5.56 Å². The summed E-state index contributed by atoms with van der Waals surface area (Å²) in [6.45, 7) is 7.55. The average molecular weight is 490 g/mol. The van der Waals surface area contributed by atoms with Crippen molar-refractivity contribution in [1.82, 2.24) is 14.5 Å². The number of carbonyl (C=O) groups is 1. The predicted molar refractivity (Wildman–Crippen MR) is 140 cm³/mol. The Kier molecular flexibility index (Phi) is 8.54. The van der Waals surface area contributed by atoms with E-state index in [4.69, 9.17) is 9.47 Å². The number of pyridine rings is 2. The average Bonchev–Trinajstić information content (AvgIpc) is 3.10. The van der Waals surface area contributed by atoms with Crippen LogP contribution in [-0.4, -0.2) is 47.2 Å². The highest BCUT2D eigenvalue weighted by atomic mass is 16.5. The van der Waals surface area contributed by atoms with Crippen molar-refractivity contribution >= 4 is 5.97 Å². The lowest BCUT2D eigenvalue weighted by molar-refractivity contribution is 0.0593. The van der Waals surface area contributed by atoms with E-state index in [9.17, 15) is 9.59 Å². The van der Waals surface area contributed by atoms with Crippen LogP contribution in [0.3, 0.4) is 0 Å². The quantitative estimate of drug-likeness (QED) is 0.331. The predicted octanol–water partition coefficient (Wildman–Crippen LogP) is 4.22. The summed E-state index contributed by atoms with van der Waals surface area (Å²) >= 11 is 0. The van der Waals surface area contributed by atoms with Gasteiger partial charge in [-0.25, -0.2) is 4.79 Å². The third-order valence-corrected chi connectivity index (χ3v) is 6.72. The highest BCUT2D eigenvalue weighted by molar-refractivity contribution is 5.93. The fourth-order valence-corrected chi connectivity index (χ4v) is 4.66. The molecule has 7 nitrogen and oxygen atoms in total. The van der Waals surface area contributed by atoms with E-state index in [2.05, 4.69) is 48.0 Å². The van der Waals surface area contributed by atoms with Crippen molar-refractivity contribution in [2.24, 2.45) is 0 Å². The smallest absolute Gasteiger partial charge is 0.343 e. The Morgan fingerprint density at radius 3 is 2.58 bits per heavy atom. The highest BCUT2D eigenvalue weighted by Crippen LogP contribution is 2.25. The number of hydrogen-bond acceptors (Lipinski definition) is 6. The SMILES string of the molecule is COC(=O)c1c(OCCCc2cccnc2)cc(=O)n2c1CCN(Cc1ccc(C(C)C)cc1)CC2. The van der Waals surface area contributed by atoms with Crippen LogP contribution in [-0.2, 0) is 30.7 Å². The molecule has 3 heterocycles. The number of aryl methyl sites for hydroxylation is 1. The van der Waals surface area contributed by atoms with E-state index in [0.717, 1.165) is 38.0 Å². The number of esters is 1. The summed E-state index contributed by atoms with van der Waals surface area (Å²) in [7, 11) is 1.36. The maximum atomic E-state index is 13.0. The number of benzene rings is 1. The third kappa shape index (κ3) is 6.21. The summed E-state index contributed by atoms with van der Waals surface area (Å²) in [6, 6.07) is 14.1. The lowest BCUT2D eigenvalue weighted by Gasteiger charge is -2.19. The number of rotatable bonds is 9. The Balaban J connectivity index is 1.48. The lowest BCUT2D eigenvalue weighted by atomic mass is 10.0. The van der Waals surface area contributed by atoms with Crippen molar-refractivity contribution in [1.29, 1.82) is 0 Å². The van der Waals surface area contributed by atoms with Gasteiger partial charge in [0.15, 0.2) is 0 Å². The van der Waals surface area contributed by atoms with E-state index in [1.807, 2.05) is 18.3 Å². The molecule has 0 fully saturated rings. The molecule has 190 valence electrons. The van der Waals surface area contributed by atoms with Gasteiger partial charge in [-0.3, -0.25) is 14.7 Å². The van der Waals surface area contributed by atoms with Crippen LogP contribution in [0.2, 0.25) is 0 Å². The van der Waals surface area contributed by atoms with Crippen LogP contribution in [0, 0.1) is 0 Å². The molecule has 0 unspecified atom stereocenters. The first-order valence-electron chi connectivity index (χ1n) is 12.6. The molecule has 1 aliphatic rings. The number of hydrogen-bond donors (Lipinski definition) is 0. The molecule has 0 N–H and O–H groups in total. The minimum atomic E-state index is -0.473. The molecule has 36 heavy (non-hydrogen) atoms. The van der Waals surface area contributed by atoms with Gasteiger partial charge in [-0.15, -0.1) is 0 Å². The second kappa shape index (κ2) is 12.0. The zero-order chi connectivity index (χ0) is 25.5. The molecule has 2 aromatic heterocycles. The van der Waals surface area contributed by atoms with E-state index in [1.165, 1.54) is 24.3 Å². The van der Waals surface area contributed by atoms with Gasteiger partial charge in [-0.05, 0) is 41.5 Å². The van der Waals surface area contributed by atoms with Crippen molar-refractivity contribution in [2.75, 3.05) is 26.8 Å². The summed E-state index contributed by atoms with van der Waals surface area (Å²) in [5.74, 6) is 0.336.